The molecule has 0 aromatic heterocycles. The highest BCUT2D eigenvalue weighted by molar-refractivity contribution is 5.94. The van der Waals surface area contributed by atoms with E-state index in [-0.39, 0.29) is 22.9 Å². The molecule has 2 N–H and O–H groups in total. The van der Waals surface area contributed by atoms with E-state index >= 15 is 0 Å². The average Bonchev–Trinajstić information content (AvgIpc) is 2.77. The van der Waals surface area contributed by atoms with E-state index in [1.54, 1.807) is 6.92 Å². The zero-order valence-electron chi connectivity index (χ0n) is 22.1. The minimum Gasteiger partial charge on any atom is -0.489 e. The van der Waals surface area contributed by atoms with Gasteiger partial charge in [-0.2, -0.15) is 0 Å². The Balaban J connectivity index is 2.36. The first-order valence-electron chi connectivity index (χ1n) is 12.2. The molecule has 0 saturated carbocycles. The molecule has 0 bridgehead atoms. The first-order chi connectivity index (χ1) is 15.9. The fourth-order valence-corrected chi connectivity index (χ4v) is 4.45. The maximum absolute atomic E-state index is 11.9. The fourth-order valence-electron chi connectivity index (χ4n) is 4.45. The number of benzene rings is 2. The van der Waals surface area contributed by atoms with Crippen molar-refractivity contribution < 1.29 is 19.1 Å². The second kappa shape index (κ2) is 11.1. The van der Waals surface area contributed by atoms with Gasteiger partial charge < -0.3 is 15.2 Å². The van der Waals surface area contributed by atoms with Crippen LogP contribution in [0.2, 0.25) is 0 Å². The van der Waals surface area contributed by atoms with Gasteiger partial charge in [-0.05, 0) is 61.1 Å². The van der Waals surface area contributed by atoms with Crippen molar-refractivity contribution >= 4 is 11.9 Å². The van der Waals surface area contributed by atoms with Crippen molar-refractivity contribution in [1.29, 1.82) is 0 Å². The van der Waals surface area contributed by atoms with Crippen molar-refractivity contribution in [2.24, 2.45) is 11.1 Å². The van der Waals surface area contributed by atoms with E-state index in [4.69, 9.17) is 15.2 Å². The summed E-state index contributed by atoms with van der Waals surface area (Å²) in [5.74, 6) is 0.161. The number of amides is 1. The smallest absolute Gasteiger partial charge is 0.305 e. The molecule has 2 aromatic rings. The Labute approximate surface area is 205 Å². The minimum absolute atomic E-state index is 0.186. The number of ether oxygens (including phenoxy) is 2. The van der Waals surface area contributed by atoms with Crippen LogP contribution in [0.1, 0.15) is 93.4 Å². The number of rotatable bonds is 10. The lowest BCUT2D eigenvalue weighted by Gasteiger charge is -2.34. The SMILES string of the molecule is CCC(=O)OC(COc1ccc(C(CC)(CC)c2ccc(C(N)=O)c(C)c2)cc1C)C(C)(C)C. The molecular weight excluding hydrogens is 426 g/mol. The van der Waals surface area contributed by atoms with E-state index in [1.165, 1.54) is 11.1 Å². The van der Waals surface area contributed by atoms with Crippen LogP contribution in [0.5, 0.6) is 5.75 Å². The van der Waals surface area contributed by atoms with Gasteiger partial charge in [0.05, 0.1) is 0 Å². The molecular formula is C29H41NO4. The summed E-state index contributed by atoms with van der Waals surface area (Å²) in [5, 5.41) is 0. The van der Waals surface area contributed by atoms with Crippen molar-refractivity contribution in [3.63, 3.8) is 0 Å². The van der Waals surface area contributed by atoms with Crippen molar-refractivity contribution in [2.75, 3.05) is 6.61 Å². The number of primary amides is 1. The zero-order valence-corrected chi connectivity index (χ0v) is 22.1. The molecule has 186 valence electrons. The minimum atomic E-state index is -0.404. The van der Waals surface area contributed by atoms with Crippen LogP contribution in [-0.4, -0.2) is 24.6 Å². The van der Waals surface area contributed by atoms with Crippen LogP contribution in [0.3, 0.4) is 0 Å². The first kappa shape index (κ1) is 27.4. The Morgan fingerprint density at radius 3 is 1.91 bits per heavy atom. The maximum atomic E-state index is 11.9. The summed E-state index contributed by atoms with van der Waals surface area (Å²) in [6, 6.07) is 12.3. The predicted molar refractivity (Wildman–Crippen MR) is 137 cm³/mol. The highest BCUT2D eigenvalue weighted by Crippen LogP contribution is 2.41. The quantitative estimate of drug-likeness (QED) is 0.419. The number of carbonyl (C=O) groups excluding carboxylic acids is 2. The monoisotopic (exact) mass is 467 g/mol. The van der Waals surface area contributed by atoms with Crippen LogP contribution in [0.25, 0.3) is 0 Å². The van der Waals surface area contributed by atoms with Crippen molar-refractivity contribution in [3.8, 4) is 5.75 Å². The predicted octanol–water partition coefficient (Wildman–Crippen LogP) is 6.26. The summed E-state index contributed by atoms with van der Waals surface area (Å²) >= 11 is 0. The van der Waals surface area contributed by atoms with Crippen LogP contribution >= 0.6 is 0 Å². The van der Waals surface area contributed by atoms with Gasteiger partial charge in [0.2, 0.25) is 5.91 Å². The Kier molecular flexibility index (Phi) is 8.93. The summed E-state index contributed by atoms with van der Waals surface area (Å²) in [6.07, 6.45) is 1.84. The fraction of sp³-hybridized carbons (Fsp3) is 0.517. The standard InChI is InChI=1S/C29H41NO4/c1-9-26(31)34-25(28(6,7)8)18-33-24-15-13-22(17-20(24)5)29(10-2,11-3)21-12-14-23(27(30)32)19(4)16-21/h12-17,25H,9-11,18H2,1-8H3,(H2,30,32). The maximum Gasteiger partial charge on any atom is 0.305 e. The molecule has 0 radical (unpaired) electrons. The molecule has 5 heteroatoms. The molecule has 0 heterocycles. The summed E-state index contributed by atoms with van der Waals surface area (Å²) in [7, 11) is 0. The summed E-state index contributed by atoms with van der Waals surface area (Å²) < 4.78 is 11.8. The molecule has 1 unspecified atom stereocenters. The Hall–Kier alpha value is -2.82. The van der Waals surface area contributed by atoms with Gasteiger partial charge in [-0.3, -0.25) is 9.59 Å². The lowest BCUT2D eigenvalue weighted by Crippen LogP contribution is -2.36. The van der Waals surface area contributed by atoms with Gasteiger partial charge in [-0.1, -0.05) is 65.8 Å². The van der Waals surface area contributed by atoms with E-state index < -0.39 is 5.91 Å². The van der Waals surface area contributed by atoms with Gasteiger partial charge >= 0.3 is 5.97 Å². The Bertz CT molecular complexity index is 1020. The highest BCUT2D eigenvalue weighted by Gasteiger charge is 2.32. The second-order valence-corrected chi connectivity index (χ2v) is 10.2. The van der Waals surface area contributed by atoms with Crippen molar-refractivity contribution in [1.82, 2.24) is 0 Å². The summed E-state index contributed by atoms with van der Waals surface area (Å²) in [6.45, 7) is 16.6. The molecule has 5 nitrogen and oxygen atoms in total. The molecule has 1 atom stereocenters. The van der Waals surface area contributed by atoms with Crippen LogP contribution in [-0.2, 0) is 14.9 Å². The third-order valence-corrected chi connectivity index (χ3v) is 6.90. The Morgan fingerprint density at radius 2 is 1.47 bits per heavy atom. The van der Waals surface area contributed by atoms with E-state index in [1.807, 2.05) is 52.8 Å². The summed E-state index contributed by atoms with van der Waals surface area (Å²) in [5.41, 5.74) is 9.96. The largest absolute Gasteiger partial charge is 0.489 e. The van der Waals surface area contributed by atoms with Gasteiger partial charge in [0.25, 0.3) is 0 Å². The van der Waals surface area contributed by atoms with Crippen molar-refractivity contribution in [2.45, 2.75) is 86.2 Å². The normalized spacial score (nSPS) is 12.8. The number of hydrogen-bond acceptors (Lipinski definition) is 4. The number of esters is 1. The van der Waals surface area contributed by atoms with Crippen molar-refractivity contribution in [3.05, 3.63) is 64.2 Å². The van der Waals surface area contributed by atoms with E-state index in [0.29, 0.717) is 18.6 Å². The molecule has 2 aromatic carbocycles. The molecule has 0 saturated heterocycles. The van der Waals surface area contributed by atoms with E-state index in [9.17, 15) is 9.59 Å². The second-order valence-electron chi connectivity index (χ2n) is 10.2. The van der Waals surface area contributed by atoms with Crippen LogP contribution < -0.4 is 10.5 Å². The van der Waals surface area contributed by atoms with Crippen LogP contribution in [0.4, 0.5) is 0 Å². The van der Waals surface area contributed by atoms with E-state index in [2.05, 4.69) is 32.0 Å². The van der Waals surface area contributed by atoms with Gasteiger partial charge in [-0.25, -0.2) is 0 Å². The molecule has 0 fully saturated rings. The van der Waals surface area contributed by atoms with Crippen LogP contribution in [0, 0.1) is 19.3 Å². The molecule has 0 spiro atoms. The van der Waals surface area contributed by atoms with Gasteiger partial charge in [0, 0.05) is 22.8 Å². The molecule has 2 rings (SSSR count). The number of nitrogens with two attached hydrogens (primary N) is 1. The highest BCUT2D eigenvalue weighted by atomic mass is 16.6. The number of hydrogen-bond donors (Lipinski definition) is 1. The lowest BCUT2D eigenvalue weighted by atomic mass is 9.70. The third kappa shape index (κ3) is 5.99. The average molecular weight is 468 g/mol. The zero-order chi connectivity index (χ0) is 25.7. The molecule has 0 aliphatic carbocycles. The van der Waals surface area contributed by atoms with Crippen LogP contribution in [0.15, 0.2) is 36.4 Å². The van der Waals surface area contributed by atoms with Gasteiger partial charge in [0.15, 0.2) is 0 Å². The lowest BCUT2D eigenvalue weighted by molar-refractivity contribution is -0.156. The topological polar surface area (TPSA) is 78.6 Å². The van der Waals surface area contributed by atoms with Gasteiger partial charge in [0.1, 0.15) is 18.5 Å². The summed E-state index contributed by atoms with van der Waals surface area (Å²) in [4.78, 5) is 23.6. The molecule has 0 aliphatic heterocycles. The Morgan fingerprint density at radius 1 is 0.912 bits per heavy atom. The van der Waals surface area contributed by atoms with Gasteiger partial charge in [-0.15, -0.1) is 0 Å². The first-order valence-corrected chi connectivity index (χ1v) is 12.2. The number of aryl methyl sites for hydroxylation is 2. The molecule has 0 aliphatic rings. The number of carbonyl (C=O) groups is 2. The third-order valence-electron chi connectivity index (χ3n) is 6.90. The molecule has 1 amide bonds. The molecule has 34 heavy (non-hydrogen) atoms. The van der Waals surface area contributed by atoms with E-state index in [0.717, 1.165) is 29.7 Å².